The molecule has 4 aromatic rings. The van der Waals surface area contributed by atoms with Crippen LogP contribution in [0.2, 0.25) is 5.02 Å². The van der Waals surface area contributed by atoms with E-state index >= 15 is 0 Å². The lowest BCUT2D eigenvalue weighted by Gasteiger charge is -2.40. The molecular formula is C35H37ClN8O4. The summed E-state index contributed by atoms with van der Waals surface area (Å²) in [5.74, 6) is -0.260. The van der Waals surface area contributed by atoms with Crippen molar-refractivity contribution in [3.05, 3.63) is 83.0 Å². The molecule has 3 heterocycles. The molecule has 0 spiro atoms. The standard InChI is InChI=1S/C35H37ClN8O4/c1-42-17-7-12-26(42)22-47-34-40-31(33(45)39-28-14-6-11-24-10-5-13-27(36)29(24)28)30(38)32(41-34)43-18-19-44(25(20-43)15-16-37)35(46)48-21-23-8-3-2-4-9-23/h2-6,8-11,13-14,25-26H,7,12,15,17-22,38H2,1H3,(H,39,45). The Morgan fingerprint density at radius 2 is 1.83 bits per heavy atom. The summed E-state index contributed by atoms with van der Waals surface area (Å²) in [7, 11) is 2.05. The molecule has 12 nitrogen and oxygen atoms in total. The van der Waals surface area contributed by atoms with E-state index in [1.807, 2.05) is 66.5 Å². The van der Waals surface area contributed by atoms with Crippen molar-refractivity contribution in [2.45, 2.75) is 38.0 Å². The molecule has 0 bridgehead atoms. The number of nitrogens with zero attached hydrogens (tertiary/aromatic N) is 6. The van der Waals surface area contributed by atoms with Crippen LogP contribution < -0.4 is 20.7 Å². The Bertz CT molecular complexity index is 1830. The first-order valence-electron chi connectivity index (χ1n) is 15.9. The van der Waals surface area contributed by atoms with Crippen molar-refractivity contribution in [2.75, 3.05) is 55.8 Å². The summed E-state index contributed by atoms with van der Waals surface area (Å²) in [6.07, 6.45) is 1.60. The number of fused-ring (bicyclic) bond motifs is 1. The fourth-order valence-corrected chi connectivity index (χ4v) is 6.51. The molecule has 2 atom stereocenters. The van der Waals surface area contributed by atoms with E-state index < -0.39 is 18.0 Å². The van der Waals surface area contributed by atoms with E-state index in [4.69, 9.17) is 26.8 Å². The van der Waals surface area contributed by atoms with Crippen LogP contribution >= 0.6 is 11.6 Å². The highest BCUT2D eigenvalue weighted by molar-refractivity contribution is 6.37. The third kappa shape index (κ3) is 7.22. The highest BCUT2D eigenvalue weighted by Crippen LogP contribution is 2.33. The Hall–Kier alpha value is -5.12. The highest BCUT2D eigenvalue weighted by Gasteiger charge is 2.34. The minimum absolute atomic E-state index is 0.0159. The van der Waals surface area contributed by atoms with Gasteiger partial charge in [0.25, 0.3) is 5.91 Å². The highest BCUT2D eigenvalue weighted by atomic mass is 35.5. The van der Waals surface area contributed by atoms with Gasteiger partial charge in [-0.15, -0.1) is 0 Å². The number of anilines is 3. The lowest BCUT2D eigenvalue weighted by molar-refractivity contribution is 0.0768. The summed E-state index contributed by atoms with van der Waals surface area (Å²) >= 11 is 6.52. The van der Waals surface area contributed by atoms with E-state index in [0.29, 0.717) is 35.1 Å². The predicted octanol–water partition coefficient (Wildman–Crippen LogP) is 5.33. The van der Waals surface area contributed by atoms with E-state index in [2.05, 4.69) is 26.3 Å². The quantitative estimate of drug-likeness (QED) is 0.240. The van der Waals surface area contributed by atoms with E-state index in [1.54, 1.807) is 17.0 Å². The molecular weight excluding hydrogens is 632 g/mol. The van der Waals surface area contributed by atoms with Crippen LogP contribution in [0.15, 0.2) is 66.7 Å². The molecule has 2 saturated heterocycles. The molecule has 248 valence electrons. The van der Waals surface area contributed by atoms with Crippen LogP contribution in [0, 0.1) is 11.3 Å². The van der Waals surface area contributed by atoms with Crippen molar-refractivity contribution in [2.24, 2.45) is 0 Å². The molecule has 3 N–H and O–H groups in total. The molecule has 1 aromatic heterocycles. The number of carbonyl (C=O) groups excluding carboxylic acids is 2. The molecule has 2 unspecified atom stereocenters. The molecule has 2 amide bonds. The van der Waals surface area contributed by atoms with Gasteiger partial charge in [-0.2, -0.15) is 15.2 Å². The molecule has 0 radical (unpaired) electrons. The molecule has 2 aliphatic heterocycles. The van der Waals surface area contributed by atoms with Crippen LogP contribution in [0.3, 0.4) is 0 Å². The van der Waals surface area contributed by atoms with Crippen LogP contribution in [0.1, 0.15) is 35.3 Å². The Morgan fingerprint density at radius 1 is 1.04 bits per heavy atom. The number of nitrogens with two attached hydrogens (primary N) is 1. The molecule has 6 rings (SSSR count). The van der Waals surface area contributed by atoms with Crippen molar-refractivity contribution < 1.29 is 19.1 Å². The minimum Gasteiger partial charge on any atom is -0.462 e. The average molecular weight is 669 g/mol. The fourth-order valence-electron chi connectivity index (χ4n) is 6.23. The largest absolute Gasteiger partial charge is 0.462 e. The Labute approximate surface area is 284 Å². The fraction of sp³-hybridized carbons (Fsp3) is 0.343. The zero-order valence-corrected chi connectivity index (χ0v) is 27.4. The molecule has 2 fully saturated rings. The summed E-state index contributed by atoms with van der Waals surface area (Å²) in [4.78, 5) is 41.8. The summed E-state index contributed by atoms with van der Waals surface area (Å²) in [5, 5.41) is 14.6. The number of likely N-dealkylation sites (N-methyl/N-ethyl adjacent to an activating group) is 1. The van der Waals surface area contributed by atoms with Crippen molar-refractivity contribution in [1.82, 2.24) is 19.8 Å². The summed E-state index contributed by atoms with van der Waals surface area (Å²) in [5.41, 5.74) is 8.03. The maximum Gasteiger partial charge on any atom is 0.410 e. The van der Waals surface area contributed by atoms with Crippen molar-refractivity contribution >= 4 is 51.6 Å². The van der Waals surface area contributed by atoms with Crippen LogP contribution in [-0.2, 0) is 11.3 Å². The van der Waals surface area contributed by atoms with Crippen LogP contribution in [-0.4, -0.2) is 83.7 Å². The summed E-state index contributed by atoms with van der Waals surface area (Å²) in [6.45, 7) is 2.26. The Balaban J connectivity index is 1.27. The van der Waals surface area contributed by atoms with Crippen LogP contribution in [0.25, 0.3) is 10.8 Å². The monoisotopic (exact) mass is 668 g/mol. The van der Waals surface area contributed by atoms with Crippen molar-refractivity contribution in [3.8, 4) is 12.1 Å². The van der Waals surface area contributed by atoms with E-state index in [9.17, 15) is 14.9 Å². The van der Waals surface area contributed by atoms with Gasteiger partial charge in [0.1, 0.15) is 18.9 Å². The number of halogens is 1. The Morgan fingerprint density at radius 3 is 2.58 bits per heavy atom. The smallest absolute Gasteiger partial charge is 0.410 e. The number of ether oxygens (including phenoxy) is 2. The van der Waals surface area contributed by atoms with Gasteiger partial charge >= 0.3 is 12.1 Å². The number of nitriles is 1. The topological polar surface area (TPSA) is 150 Å². The maximum absolute atomic E-state index is 13.9. The van der Waals surface area contributed by atoms with Gasteiger partial charge in [-0.3, -0.25) is 4.79 Å². The second-order valence-electron chi connectivity index (χ2n) is 12.0. The molecule has 13 heteroatoms. The number of piperazine rings is 1. The van der Waals surface area contributed by atoms with E-state index in [1.165, 1.54) is 0 Å². The van der Waals surface area contributed by atoms with Gasteiger partial charge < -0.3 is 35.2 Å². The van der Waals surface area contributed by atoms with Crippen LogP contribution in [0.4, 0.5) is 22.0 Å². The van der Waals surface area contributed by atoms with Gasteiger partial charge in [0.15, 0.2) is 11.5 Å². The minimum atomic E-state index is -0.553. The molecule has 3 aromatic carbocycles. The van der Waals surface area contributed by atoms with Gasteiger partial charge in [0.2, 0.25) is 0 Å². The van der Waals surface area contributed by atoms with Crippen molar-refractivity contribution in [1.29, 1.82) is 5.26 Å². The number of amides is 2. The second kappa shape index (κ2) is 14.8. The summed E-state index contributed by atoms with van der Waals surface area (Å²) < 4.78 is 11.7. The number of nitrogen functional groups attached to an aromatic ring is 1. The average Bonchev–Trinajstić information content (AvgIpc) is 3.51. The van der Waals surface area contributed by atoms with Gasteiger partial charge in [-0.25, -0.2) is 4.79 Å². The van der Waals surface area contributed by atoms with Crippen LogP contribution in [0.5, 0.6) is 6.01 Å². The normalized spacial score (nSPS) is 18.0. The number of hydrogen-bond acceptors (Lipinski definition) is 10. The van der Waals surface area contributed by atoms with Gasteiger partial charge in [0.05, 0.1) is 29.2 Å². The van der Waals surface area contributed by atoms with E-state index in [-0.39, 0.29) is 49.6 Å². The lowest BCUT2D eigenvalue weighted by atomic mass is 10.1. The van der Waals surface area contributed by atoms with Crippen molar-refractivity contribution in [3.63, 3.8) is 0 Å². The number of aromatic nitrogens is 2. The number of carbonyl (C=O) groups is 2. The predicted molar refractivity (Wildman–Crippen MR) is 184 cm³/mol. The molecule has 48 heavy (non-hydrogen) atoms. The first kappa shape index (κ1) is 32.8. The third-order valence-corrected chi connectivity index (χ3v) is 9.16. The maximum atomic E-state index is 13.9. The molecule has 2 aliphatic rings. The Kier molecular flexibility index (Phi) is 10.1. The second-order valence-corrected chi connectivity index (χ2v) is 12.4. The van der Waals surface area contributed by atoms with Gasteiger partial charge in [0, 0.05) is 31.1 Å². The number of benzene rings is 3. The first-order valence-corrected chi connectivity index (χ1v) is 16.3. The summed E-state index contributed by atoms with van der Waals surface area (Å²) in [6, 6.07) is 22.3. The lowest BCUT2D eigenvalue weighted by Crippen LogP contribution is -2.55. The van der Waals surface area contributed by atoms with Gasteiger partial charge in [-0.1, -0.05) is 66.2 Å². The third-order valence-electron chi connectivity index (χ3n) is 8.85. The number of nitrogens with one attached hydrogen (secondary N) is 1. The SMILES string of the molecule is CN1CCCC1COc1nc(C(=O)Nc2cccc3cccc(Cl)c23)c(N)c(N2CCN(C(=O)OCc3ccccc3)C(CC#N)C2)n1. The first-order chi connectivity index (χ1) is 23.3. The zero-order valence-electron chi connectivity index (χ0n) is 26.6. The zero-order chi connectivity index (χ0) is 33.6. The number of hydrogen-bond donors (Lipinski definition) is 2. The number of rotatable bonds is 9. The number of likely N-dealkylation sites (tertiary alicyclic amines) is 1. The molecule has 0 saturated carbocycles. The molecule has 0 aliphatic carbocycles. The van der Waals surface area contributed by atoms with E-state index in [0.717, 1.165) is 30.3 Å². The van der Waals surface area contributed by atoms with Gasteiger partial charge in [-0.05, 0) is 49.5 Å².